The van der Waals surface area contributed by atoms with Crippen LogP contribution in [0.2, 0.25) is 0 Å². The van der Waals surface area contributed by atoms with Crippen LogP contribution in [0.1, 0.15) is 5.56 Å². The monoisotopic (exact) mass is 403 g/mol. The lowest BCUT2D eigenvalue weighted by atomic mass is 10.0. The summed E-state index contributed by atoms with van der Waals surface area (Å²) in [6.07, 6.45) is 6.89. The van der Waals surface area contributed by atoms with Gasteiger partial charge in [-0.15, -0.1) is 0 Å². The fourth-order valence-corrected chi connectivity index (χ4v) is 4.78. The molecule has 2 heterocycles. The second-order valence-electron chi connectivity index (χ2n) is 8.32. The summed E-state index contributed by atoms with van der Waals surface area (Å²) in [4.78, 5) is 6.29. The first-order valence-corrected chi connectivity index (χ1v) is 12.4. The van der Waals surface area contributed by atoms with Crippen molar-refractivity contribution in [3.8, 4) is 11.3 Å². The summed E-state index contributed by atoms with van der Waals surface area (Å²) in [5.41, 5.74) is 5.19. The highest BCUT2D eigenvalue weighted by molar-refractivity contribution is 8.32. The van der Waals surface area contributed by atoms with E-state index in [0.29, 0.717) is 5.58 Å². The third-order valence-corrected chi connectivity index (χ3v) is 6.99. The number of halogens is 1. The zero-order chi connectivity index (χ0) is 20.3. The number of rotatable bonds is 2. The molecule has 0 radical (unpaired) electrons. The van der Waals surface area contributed by atoms with E-state index < -0.39 is 10.0 Å². The molecule has 0 aliphatic carbocycles. The number of nitrogens with zero attached hydrogens (tertiary/aromatic N) is 1. The Balaban J connectivity index is 1.74. The van der Waals surface area contributed by atoms with Gasteiger partial charge in [0.2, 0.25) is 0 Å². The molecule has 0 amide bonds. The van der Waals surface area contributed by atoms with Crippen molar-refractivity contribution in [1.82, 2.24) is 4.98 Å². The molecule has 29 heavy (non-hydrogen) atoms. The van der Waals surface area contributed by atoms with Crippen LogP contribution in [0.15, 0.2) is 70.0 Å². The van der Waals surface area contributed by atoms with Crippen molar-refractivity contribution in [2.45, 2.75) is 11.8 Å². The average Bonchev–Trinajstić information content (AvgIpc) is 3.03. The Kier molecular flexibility index (Phi) is 3.97. The van der Waals surface area contributed by atoms with Crippen molar-refractivity contribution >= 4 is 42.9 Å². The molecule has 0 bridgehead atoms. The van der Waals surface area contributed by atoms with Gasteiger partial charge >= 0.3 is 0 Å². The minimum atomic E-state index is -0.783. The molecule has 0 atom stereocenters. The third-order valence-electron chi connectivity index (χ3n) is 5.32. The van der Waals surface area contributed by atoms with E-state index in [-0.39, 0.29) is 5.82 Å². The number of aryl methyl sites for hydroxylation is 1. The lowest BCUT2D eigenvalue weighted by Crippen LogP contribution is -1.93. The summed E-state index contributed by atoms with van der Waals surface area (Å²) in [6, 6.07) is 19.6. The maximum atomic E-state index is 13.7. The summed E-state index contributed by atoms with van der Waals surface area (Å²) in [5, 5.41) is 3.05. The van der Waals surface area contributed by atoms with E-state index in [0.717, 1.165) is 44.1 Å². The van der Waals surface area contributed by atoms with Crippen molar-refractivity contribution in [2.24, 2.45) is 0 Å². The molecule has 0 N–H and O–H groups in total. The molecule has 0 fully saturated rings. The Hall–Kier alpha value is -2.85. The maximum absolute atomic E-state index is 13.7. The standard InChI is InChI=1S/C25H22FNOS/c1-15-11-20-19-8-6-17(26)14-24(19)28-25(20)21(12-15)23-9-5-16-13-18(29(2,3)4)7-10-22(16)27-23/h5-14H,1-4H3. The highest BCUT2D eigenvalue weighted by Gasteiger charge is 2.15. The van der Waals surface area contributed by atoms with Crippen molar-refractivity contribution in [1.29, 1.82) is 0 Å². The second-order valence-corrected chi connectivity index (χ2v) is 12.5. The molecule has 0 spiro atoms. The van der Waals surface area contributed by atoms with Gasteiger partial charge in [0.25, 0.3) is 0 Å². The van der Waals surface area contributed by atoms with Gasteiger partial charge in [0.15, 0.2) is 0 Å². The van der Waals surface area contributed by atoms with E-state index in [2.05, 4.69) is 62.1 Å². The number of hydrogen-bond donors (Lipinski definition) is 0. The minimum absolute atomic E-state index is 0.296. The first kappa shape index (κ1) is 18.2. The van der Waals surface area contributed by atoms with Gasteiger partial charge in [0, 0.05) is 27.8 Å². The minimum Gasteiger partial charge on any atom is -0.455 e. The number of hydrogen-bond acceptors (Lipinski definition) is 2. The van der Waals surface area contributed by atoms with E-state index in [1.54, 1.807) is 6.07 Å². The summed E-state index contributed by atoms with van der Waals surface area (Å²) >= 11 is 0. The smallest absolute Gasteiger partial charge is 0.144 e. The Morgan fingerprint density at radius 2 is 1.69 bits per heavy atom. The van der Waals surface area contributed by atoms with Gasteiger partial charge in [-0.2, -0.15) is 0 Å². The van der Waals surface area contributed by atoms with Crippen molar-refractivity contribution in [3.63, 3.8) is 0 Å². The average molecular weight is 404 g/mol. The first-order chi connectivity index (χ1) is 13.8. The fraction of sp³-hybridized carbons (Fsp3) is 0.160. The van der Waals surface area contributed by atoms with E-state index in [1.807, 2.05) is 6.07 Å². The molecule has 4 heteroatoms. The number of benzene rings is 3. The summed E-state index contributed by atoms with van der Waals surface area (Å²) in [5.74, 6) is -0.296. The number of pyridine rings is 1. The van der Waals surface area contributed by atoms with Gasteiger partial charge in [-0.25, -0.2) is 19.4 Å². The van der Waals surface area contributed by atoms with Crippen molar-refractivity contribution in [2.75, 3.05) is 18.8 Å². The van der Waals surface area contributed by atoms with E-state index >= 15 is 0 Å². The van der Waals surface area contributed by atoms with Crippen molar-refractivity contribution in [3.05, 3.63) is 72.0 Å². The van der Waals surface area contributed by atoms with E-state index in [4.69, 9.17) is 9.40 Å². The molecule has 2 nitrogen and oxygen atoms in total. The Bertz CT molecular complexity index is 1410. The van der Waals surface area contributed by atoms with Crippen LogP contribution in [-0.4, -0.2) is 23.8 Å². The van der Waals surface area contributed by atoms with E-state index in [9.17, 15) is 4.39 Å². The van der Waals surface area contributed by atoms with Crippen LogP contribution in [0, 0.1) is 12.7 Å². The Labute approximate surface area is 170 Å². The second kappa shape index (κ2) is 6.33. The molecular formula is C25H22FNOS. The van der Waals surface area contributed by atoms with Gasteiger partial charge in [-0.3, -0.25) is 0 Å². The molecule has 0 unspecified atom stereocenters. The molecule has 5 rings (SSSR count). The molecule has 3 aromatic carbocycles. The first-order valence-electron chi connectivity index (χ1n) is 9.51. The predicted molar refractivity (Wildman–Crippen MR) is 123 cm³/mol. The lowest BCUT2D eigenvalue weighted by Gasteiger charge is -2.25. The van der Waals surface area contributed by atoms with Crippen molar-refractivity contribution < 1.29 is 8.81 Å². The van der Waals surface area contributed by atoms with Gasteiger partial charge in [0.1, 0.15) is 17.0 Å². The van der Waals surface area contributed by atoms with Crippen LogP contribution in [0.4, 0.5) is 4.39 Å². The van der Waals surface area contributed by atoms with Crippen LogP contribution >= 0.6 is 10.0 Å². The lowest BCUT2D eigenvalue weighted by molar-refractivity contribution is 0.618. The van der Waals surface area contributed by atoms with E-state index in [1.165, 1.54) is 17.0 Å². The SMILES string of the molecule is Cc1cc(-c2ccc3cc(S(C)(C)C)ccc3n2)c2oc3cc(F)ccc3c2c1. The number of fused-ring (bicyclic) bond motifs is 4. The van der Waals surface area contributed by atoms with Crippen LogP contribution < -0.4 is 0 Å². The number of aromatic nitrogens is 1. The summed E-state index contributed by atoms with van der Waals surface area (Å²) < 4.78 is 19.8. The van der Waals surface area contributed by atoms with Gasteiger partial charge in [-0.1, -0.05) is 6.07 Å². The highest BCUT2D eigenvalue weighted by Crippen LogP contribution is 2.46. The van der Waals surface area contributed by atoms with Crippen LogP contribution in [-0.2, 0) is 0 Å². The zero-order valence-corrected chi connectivity index (χ0v) is 17.7. The maximum Gasteiger partial charge on any atom is 0.144 e. The molecule has 5 aromatic rings. The third kappa shape index (κ3) is 3.08. The summed E-state index contributed by atoms with van der Waals surface area (Å²) in [6.45, 7) is 2.06. The zero-order valence-electron chi connectivity index (χ0n) is 16.9. The summed E-state index contributed by atoms with van der Waals surface area (Å²) in [7, 11) is -0.783. The predicted octanol–water partition coefficient (Wildman–Crippen LogP) is 7.30. The molecule has 0 saturated carbocycles. The topological polar surface area (TPSA) is 26.0 Å². The normalized spacial score (nSPS) is 12.9. The quantitative estimate of drug-likeness (QED) is 0.309. The Morgan fingerprint density at radius 3 is 2.48 bits per heavy atom. The molecule has 146 valence electrons. The highest BCUT2D eigenvalue weighted by atomic mass is 32.3. The molecule has 2 aromatic heterocycles. The molecule has 0 saturated heterocycles. The largest absolute Gasteiger partial charge is 0.455 e. The van der Waals surface area contributed by atoms with Crippen LogP contribution in [0.5, 0.6) is 0 Å². The molecule has 0 aliphatic heterocycles. The molecule has 0 aliphatic rings. The Morgan fingerprint density at radius 1 is 0.862 bits per heavy atom. The molecular weight excluding hydrogens is 381 g/mol. The van der Waals surface area contributed by atoms with Crippen LogP contribution in [0.25, 0.3) is 44.1 Å². The van der Waals surface area contributed by atoms with Gasteiger partial charge in [-0.05, 0) is 84.7 Å². The fourth-order valence-electron chi connectivity index (χ4n) is 3.82. The van der Waals surface area contributed by atoms with Gasteiger partial charge in [0.05, 0.1) is 11.2 Å². The van der Waals surface area contributed by atoms with Gasteiger partial charge < -0.3 is 4.42 Å². The number of furan rings is 1. The van der Waals surface area contributed by atoms with Crippen LogP contribution in [0.3, 0.4) is 0 Å².